The molecule has 0 unspecified atom stereocenters. The summed E-state index contributed by atoms with van der Waals surface area (Å²) in [6.07, 6.45) is 13.8. The molecule has 0 saturated carbocycles. The summed E-state index contributed by atoms with van der Waals surface area (Å²) in [5.41, 5.74) is 8.93. The van der Waals surface area contributed by atoms with Crippen LogP contribution in [0.5, 0.6) is 11.8 Å². The van der Waals surface area contributed by atoms with E-state index in [1.54, 1.807) is 43.5 Å². The van der Waals surface area contributed by atoms with Gasteiger partial charge in [0.2, 0.25) is 23.7 Å². The van der Waals surface area contributed by atoms with Crippen LogP contribution in [-0.2, 0) is 4.74 Å². The molecule has 0 saturated heterocycles. The third kappa shape index (κ3) is 13.8. The molecular weight excluding hydrogens is 788 g/mol. The highest BCUT2D eigenvalue weighted by Crippen LogP contribution is 2.27. The molecule has 0 spiro atoms. The number of hydrogen-bond acceptors (Lipinski definition) is 14. The highest BCUT2D eigenvalue weighted by molar-refractivity contribution is 9.10. The Morgan fingerprint density at radius 2 is 1.35 bits per heavy atom. The van der Waals surface area contributed by atoms with E-state index in [9.17, 15) is 9.59 Å². The van der Waals surface area contributed by atoms with Gasteiger partial charge in [-0.25, -0.2) is 14.8 Å². The molecule has 4 rings (SSSR count). The van der Waals surface area contributed by atoms with Gasteiger partial charge < -0.3 is 41.0 Å². The van der Waals surface area contributed by atoms with Crippen molar-refractivity contribution >= 4 is 78.3 Å². The van der Waals surface area contributed by atoms with E-state index in [1.807, 2.05) is 13.8 Å². The zero-order valence-electron chi connectivity index (χ0n) is 28.4. The van der Waals surface area contributed by atoms with Crippen LogP contribution in [0, 0.1) is 24.7 Å². The number of carbonyl (C=O) groups is 2. The zero-order chi connectivity index (χ0) is 37.8. The molecule has 268 valence electrons. The molecule has 51 heavy (non-hydrogen) atoms. The first-order valence-electron chi connectivity index (χ1n) is 15.3. The monoisotopic (exact) mass is 824 g/mol. The summed E-state index contributed by atoms with van der Waals surface area (Å²) >= 11 is 6.57. The topological polar surface area (TPSA) is 196 Å². The highest BCUT2D eigenvalue weighted by Gasteiger charge is 2.12. The molecule has 6 N–H and O–H groups in total. The number of nitrogens with one attached hydrogen (secondary N) is 3. The SMILES string of the molecule is C#CCOc1nc(Nc2cc(N)cc(C(=O)OC)c2)ncc1Br.C#CCOc1nc(Nc2cc(NCCO)cc(C(=O)CC)c2)ncc1Br.CC. The van der Waals surface area contributed by atoms with Crippen molar-refractivity contribution in [3.63, 3.8) is 0 Å². The van der Waals surface area contributed by atoms with Crippen molar-refractivity contribution in [2.75, 3.05) is 55.2 Å². The largest absolute Gasteiger partial charge is 0.465 e. The lowest BCUT2D eigenvalue weighted by molar-refractivity contribution is 0.0600. The second kappa shape index (κ2) is 22.3. The second-order valence-electron chi connectivity index (χ2n) is 9.49. The Morgan fingerprint density at radius 1 is 0.843 bits per heavy atom. The van der Waals surface area contributed by atoms with Gasteiger partial charge in [0.05, 0.1) is 40.6 Å². The van der Waals surface area contributed by atoms with Gasteiger partial charge in [-0.2, -0.15) is 9.97 Å². The van der Waals surface area contributed by atoms with Crippen LogP contribution >= 0.6 is 31.9 Å². The van der Waals surface area contributed by atoms with E-state index >= 15 is 0 Å². The number of nitrogen functional groups attached to an aromatic ring is 1. The minimum atomic E-state index is -0.491. The molecule has 16 heteroatoms. The molecule has 4 aromatic rings. The van der Waals surface area contributed by atoms with Crippen LogP contribution in [0.1, 0.15) is 47.9 Å². The predicted octanol–water partition coefficient (Wildman–Crippen LogP) is 6.38. The fourth-order valence-electron chi connectivity index (χ4n) is 3.83. The summed E-state index contributed by atoms with van der Waals surface area (Å²) in [5.74, 6) is 5.44. The summed E-state index contributed by atoms with van der Waals surface area (Å²) in [4.78, 5) is 40.4. The summed E-state index contributed by atoms with van der Waals surface area (Å²) in [6, 6.07) is 10.0. The lowest BCUT2D eigenvalue weighted by atomic mass is 10.1. The summed E-state index contributed by atoms with van der Waals surface area (Å²) < 4.78 is 16.5. The number of Topliss-reactive ketones (excluding diaryl/α,β-unsaturated/α-hetero) is 1. The molecule has 0 radical (unpaired) electrons. The standard InChI is InChI=1S/C18H19BrN4O3.C15H13BrN4O3.C2H6/c1-3-7-26-17-15(19)11-21-18(23-17)22-14-9-12(16(25)4-2)8-13(10-14)20-5-6-24;1-3-4-23-13-12(16)8-18-15(20-13)19-11-6-9(14(21)22-2)5-10(17)7-11;1-2/h1,8-11,20,24H,4-7H2,2H3,(H,21,22,23);1,5-8H,4,17H2,2H3,(H,18,19,20);1-2H3. The lowest BCUT2D eigenvalue weighted by Gasteiger charge is -2.12. The first kappa shape index (κ1) is 41.7. The molecule has 2 aromatic carbocycles. The average Bonchev–Trinajstić information content (AvgIpc) is 3.14. The number of nitrogens with two attached hydrogens (primary N) is 1. The molecule has 0 amide bonds. The van der Waals surface area contributed by atoms with Gasteiger partial charge in [0.1, 0.15) is 0 Å². The van der Waals surface area contributed by atoms with E-state index in [2.05, 4.69) is 84.3 Å². The van der Waals surface area contributed by atoms with Gasteiger partial charge in [-0.15, -0.1) is 12.8 Å². The number of ether oxygens (including phenoxy) is 3. The van der Waals surface area contributed by atoms with E-state index in [-0.39, 0.29) is 31.6 Å². The van der Waals surface area contributed by atoms with Crippen molar-refractivity contribution in [2.24, 2.45) is 0 Å². The molecule has 0 aliphatic heterocycles. The number of anilines is 6. The maximum Gasteiger partial charge on any atom is 0.337 e. The van der Waals surface area contributed by atoms with E-state index in [0.717, 1.165) is 0 Å². The summed E-state index contributed by atoms with van der Waals surface area (Å²) in [6.45, 7) is 6.34. The van der Waals surface area contributed by atoms with Crippen LogP contribution in [0.4, 0.5) is 34.6 Å². The Hall–Kier alpha value is -5.42. The highest BCUT2D eigenvalue weighted by atomic mass is 79.9. The van der Waals surface area contributed by atoms with Crippen LogP contribution in [0.25, 0.3) is 0 Å². The lowest BCUT2D eigenvalue weighted by Crippen LogP contribution is -2.08. The number of hydrogen-bond donors (Lipinski definition) is 5. The summed E-state index contributed by atoms with van der Waals surface area (Å²) in [5, 5.41) is 18.0. The molecular formula is C35H38Br2N8O6. The molecule has 14 nitrogen and oxygen atoms in total. The van der Waals surface area contributed by atoms with Crippen molar-refractivity contribution in [2.45, 2.75) is 27.2 Å². The van der Waals surface area contributed by atoms with E-state index in [4.69, 9.17) is 33.2 Å². The fraction of sp³-hybridized carbons (Fsp3) is 0.257. The van der Waals surface area contributed by atoms with Crippen LogP contribution < -0.4 is 31.2 Å². The molecule has 2 heterocycles. The fourth-order valence-corrected chi connectivity index (χ4v) is 4.44. The van der Waals surface area contributed by atoms with Crippen LogP contribution in [0.3, 0.4) is 0 Å². The molecule has 0 aliphatic rings. The number of aliphatic hydroxyl groups is 1. The van der Waals surface area contributed by atoms with E-state index in [1.165, 1.54) is 19.4 Å². The number of rotatable bonds is 14. The normalized spacial score (nSPS) is 9.67. The Labute approximate surface area is 313 Å². The van der Waals surface area contributed by atoms with Crippen LogP contribution in [0.15, 0.2) is 57.7 Å². The number of aromatic nitrogens is 4. The van der Waals surface area contributed by atoms with Crippen molar-refractivity contribution < 1.29 is 28.9 Å². The Balaban J connectivity index is 0.000000339. The van der Waals surface area contributed by atoms with Gasteiger partial charge in [0, 0.05) is 41.3 Å². The number of benzene rings is 2. The minimum absolute atomic E-state index is 0.00969. The Bertz CT molecular complexity index is 1860. The number of nitrogens with zero attached hydrogens (tertiary/aromatic N) is 4. The third-order valence-electron chi connectivity index (χ3n) is 5.91. The van der Waals surface area contributed by atoms with Crippen molar-refractivity contribution in [1.82, 2.24) is 19.9 Å². The smallest absolute Gasteiger partial charge is 0.337 e. The van der Waals surface area contributed by atoms with Gasteiger partial charge in [0.25, 0.3) is 0 Å². The predicted molar refractivity (Wildman–Crippen MR) is 205 cm³/mol. The zero-order valence-corrected chi connectivity index (χ0v) is 31.6. The average molecular weight is 827 g/mol. The number of halogens is 2. The minimum Gasteiger partial charge on any atom is -0.465 e. The molecule has 0 fully saturated rings. The Kier molecular flexibility index (Phi) is 18.3. The quantitative estimate of drug-likeness (QED) is 0.0407. The van der Waals surface area contributed by atoms with Crippen LogP contribution in [0.2, 0.25) is 0 Å². The van der Waals surface area contributed by atoms with Gasteiger partial charge >= 0.3 is 5.97 Å². The Morgan fingerprint density at radius 3 is 1.84 bits per heavy atom. The van der Waals surface area contributed by atoms with Crippen LogP contribution in [-0.4, -0.2) is 70.3 Å². The first-order chi connectivity index (χ1) is 24.6. The van der Waals surface area contributed by atoms with Gasteiger partial charge in [-0.05, 0) is 68.3 Å². The van der Waals surface area contributed by atoms with E-state index in [0.29, 0.717) is 73.5 Å². The maximum absolute atomic E-state index is 12.1. The summed E-state index contributed by atoms with van der Waals surface area (Å²) in [7, 11) is 1.30. The van der Waals surface area contributed by atoms with Gasteiger partial charge in [-0.3, -0.25) is 4.79 Å². The van der Waals surface area contributed by atoms with Gasteiger partial charge in [0.15, 0.2) is 19.0 Å². The molecule has 0 bridgehead atoms. The van der Waals surface area contributed by atoms with Crippen molar-refractivity contribution in [1.29, 1.82) is 0 Å². The number of ketones is 1. The van der Waals surface area contributed by atoms with Crippen molar-refractivity contribution in [3.8, 4) is 36.4 Å². The van der Waals surface area contributed by atoms with Gasteiger partial charge in [-0.1, -0.05) is 32.6 Å². The number of carbonyl (C=O) groups excluding carboxylic acids is 2. The number of methoxy groups -OCH3 is 1. The number of terminal acetylenes is 2. The third-order valence-corrected chi connectivity index (χ3v) is 7.00. The second-order valence-corrected chi connectivity index (χ2v) is 11.2. The molecule has 0 aliphatic carbocycles. The first-order valence-corrected chi connectivity index (χ1v) is 16.9. The number of esters is 1. The maximum atomic E-state index is 12.1. The molecule has 2 aromatic heterocycles. The number of aliphatic hydroxyl groups excluding tert-OH is 1. The van der Waals surface area contributed by atoms with E-state index < -0.39 is 5.97 Å². The van der Waals surface area contributed by atoms with Crippen molar-refractivity contribution in [3.05, 3.63) is 68.9 Å². The molecule has 0 atom stereocenters.